The van der Waals surface area contributed by atoms with Gasteiger partial charge in [0.1, 0.15) is 17.3 Å². The summed E-state index contributed by atoms with van der Waals surface area (Å²) in [5, 5.41) is 0.620. The van der Waals surface area contributed by atoms with E-state index in [4.69, 9.17) is 25.7 Å². The van der Waals surface area contributed by atoms with Crippen molar-refractivity contribution in [1.82, 2.24) is 4.57 Å². The first-order valence-electron chi connectivity index (χ1n) is 12.8. The minimum Gasteiger partial charge on any atom is -0.463 e. The summed E-state index contributed by atoms with van der Waals surface area (Å²) >= 11 is 7.19. The van der Waals surface area contributed by atoms with E-state index in [2.05, 4.69) is 0 Å². The van der Waals surface area contributed by atoms with Crippen molar-refractivity contribution < 1.29 is 18.3 Å². The Morgan fingerprint density at radius 2 is 1.76 bits per heavy atom. The molecular weight excluding hydrogens is 563 g/mol. The van der Waals surface area contributed by atoms with Gasteiger partial charge in [-0.3, -0.25) is 9.36 Å². The van der Waals surface area contributed by atoms with E-state index in [0.29, 0.717) is 42.7 Å². The number of benzene rings is 3. The van der Waals surface area contributed by atoms with Crippen LogP contribution in [-0.4, -0.2) is 17.1 Å². The van der Waals surface area contributed by atoms with Crippen molar-refractivity contribution in [2.24, 2.45) is 4.99 Å². The molecule has 0 amide bonds. The Morgan fingerprint density at radius 1 is 1.02 bits per heavy atom. The van der Waals surface area contributed by atoms with E-state index in [-0.39, 0.29) is 17.7 Å². The van der Waals surface area contributed by atoms with Crippen LogP contribution in [0.3, 0.4) is 0 Å². The van der Waals surface area contributed by atoms with E-state index in [9.17, 15) is 14.0 Å². The van der Waals surface area contributed by atoms with Gasteiger partial charge in [0.2, 0.25) is 0 Å². The van der Waals surface area contributed by atoms with Crippen LogP contribution in [0.4, 0.5) is 4.39 Å². The Hall–Kier alpha value is -4.53. The van der Waals surface area contributed by atoms with Crippen LogP contribution in [0, 0.1) is 5.82 Å². The standard InChI is InChI=1S/C32H22ClFN2O4S/c1-2-39-31(38)27-28(20-6-4-3-5-7-20)35-32-36(29(27)21-10-14-23(34)15-11-21)30(37)26(41-32)18-24-16-17-25(40-24)19-8-12-22(33)13-9-19/h3-18,29H,2H2,1H3/b26-18-. The average Bonchev–Trinajstić information content (AvgIpc) is 3.58. The zero-order chi connectivity index (χ0) is 28.5. The van der Waals surface area contributed by atoms with Gasteiger partial charge in [-0.1, -0.05) is 65.4 Å². The predicted molar refractivity (Wildman–Crippen MR) is 157 cm³/mol. The van der Waals surface area contributed by atoms with E-state index in [1.54, 1.807) is 43.3 Å². The molecule has 1 aliphatic heterocycles. The van der Waals surface area contributed by atoms with E-state index in [1.165, 1.54) is 28.0 Å². The number of halogens is 2. The fourth-order valence-corrected chi connectivity index (χ4v) is 5.84. The summed E-state index contributed by atoms with van der Waals surface area (Å²) in [5.74, 6) is 0.0741. The van der Waals surface area contributed by atoms with Crippen LogP contribution in [0.2, 0.25) is 5.02 Å². The maximum Gasteiger partial charge on any atom is 0.338 e. The number of fused-ring (bicyclic) bond motifs is 1. The second-order valence-corrected chi connectivity index (χ2v) is 10.6. The number of carbonyl (C=O) groups is 1. The van der Waals surface area contributed by atoms with Crippen molar-refractivity contribution in [3.63, 3.8) is 0 Å². The molecule has 0 fully saturated rings. The van der Waals surface area contributed by atoms with Crippen LogP contribution in [0.1, 0.15) is 29.9 Å². The lowest BCUT2D eigenvalue weighted by molar-refractivity contribution is -0.138. The number of aromatic nitrogens is 1. The molecule has 0 saturated heterocycles. The molecule has 0 saturated carbocycles. The molecule has 6 rings (SSSR count). The van der Waals surface area contributed by atoms with E-state index < -0.39 is 17.8 Å². The van der Waals surface area contributed by atoms with Crippen LogP contribution in [-0.2, 0) is 9.53 Å². The van der Waals surface area contributed by atoms with Gasteiger partial charge in [0.25, 0.3) is 5.56 Å². The molecule has 41 heavy (non-hydrogen) atoms. The number of esters is 1. The van der Waals surface area contributed by atoms with Gasteiger partial charge in [0.05, 0.1) is 28.5 Å². The molecule has 0 N–H and O–H groups in total. The van der Waals surface area contributed by atoms with Crippen molar-refractivity contribution in [2.75, 3.05) is 6.61 Å². The SMILES string of the molecule is CCOC(=O)C1=C(c2ccccc2)N=c2s/c(=C\c3ccc(-c4ccc(Cl)cc4)o3)c(=O)n2C1c1ccc(F)cc1. The molecule has 1 aliphatic rings. The molecule has 2 aromatic heterocycles. The lowest BCUT2D eigenvalue weighted by atomic mass is 9.93. The molecule has 204 valence electrons. The van der Waals surface area contributed by atoms with Crippen LogP contribution < -0.4 is 14.9 Å². The highest BCUT2D eigenvalue weighted by Crippen LogP contribution is 2.35. The van der Waals surface area contributed by atoms with Gasteiger partial charge in [-0.2, -0.15) is 0 Å². The Labute approximate surface area is 242 Å². The van der Waals surface area contributed by atoms with Crippen molar-refractivity contribution >= 4 is 40.7 Å². The lowest BCUT2D eigenvalue weighted by Crippen LogP contribution is -2.40. The minimum absolute atomic E-state index is 0.138. The lowest BCUT2D eigenvalue weighted by Gasteiger charge is -2.25. The molecule has 3 heterocycles. The molecule has 6 nitrogen and oxygen atoms in total. The van der Waals surface area contributed by atoms with Gasteiger partial charge in [-0.15, -0.1) is 0 Å². The van der Waals surface area contributed by atoms with Crippen LogP contribution in [0.15, 0.2) is 111 Å². The summed E-state index contributed by atoms with van der Waals surface area (Å²) in [6, 6.07) is 24.9. The third-order valence-corrected chi connectivity index (χ3v) is 7.82. The number of ether oxygens (including phenoxy) is 1. The number of nitrogens with zero attached hydrogens (tertiary/aromatic N) is 2. The third-order valence-electron chi connectivity index (χ3n) is 6.59. The zero-order valence-electron chi connectivity index (χ0n) is 21.7. The summed E-state index contributed by atoms with van der Waals surface area (Å²) in [7, 11) is 0. The molecule has 1 unspecified atom stereocenters. The molecule has 9 heteroatoms. The smallest absolute Gasteiger partial charge is 0.338 e. The number of carbonyl (C=O) groups excluding carboxylic acids is 1. The van der Waals surface area contributed by atoms with Crippen molar-refractivity contribution in [3.05, 3.63) is 144 Å². The predicted octanol–water partition coefficient (Wildman–Crippen LogP) is 5.99. The maximum absolute atomic E-state index is 13.9. The first-order valence-corrected chi connectivity index (χ1v) is 14.0. The topological polar surface area (TPSA) is 73.8 Å². The Morgan fingerprint density at radius 3 is 2.46 bits per heavy atom. The maximum atomic E-state index is 13.9. The highest BCUT2D eigenvalue weighted by molar-refractivity contribution is 7.07. The summed E-state index contributed by atoms with van der Waals surface area (Å²) in [4.78, 5) is 32.6. The number of hydrogen-bond donors (Lipinski definition) is 0. The summed E-state index contributed by atoms with van der Waals surface area (Å²) < 4.78 is 27.2. The van der Waals surface area contributed by atoms with Gasteiger partial charge >= 0.3 is 5.97 Å². The Balaban J connectivity index is 1.55. The monoisotopic (exact) mass is 584 g/mol. The highest BCUT2D eigenvalue weighted by Gasteiger charge is 2.35. The van der Waals surface area contributed by atoms with E-state index in [1.807, 2.05) is 48.5 Å². The average molecular weight is 585 g/mol. The van der Waals surface area contributed by atoms with E-state index in [0.717, 1.165) is 5.56 Å². The molecule has 0 radical (unpaired) electrons. The molecular formula is C32H22ClFN2O4S. The van der Waals surface area contributed by atoms with Crippen molar-refractivity contribution in [1.29, 1.82) is 0 Å². The second kappa shape index (κ2) is 11.2. The fourth-order valence-electron chi connectivity index (χ4n) is 4.73. The van der Waals surface area contributed by atoms with Gasteiger partial charge in [0, 0.05) is 22.2 Å². The number of furan rings is 1. The third kappa shape index (κ3) is 5.19. The van der Waals surface area contributed by atoms with E-state index >= 15 is 0 Å². The Bertz CT molecular complexity index is 1960. The summed E-state index contributed by atoms with van der Waals surface area (Å²) in [5.41, 5.74) is 2.33. The van der Waals surface area contributed by atoms with Crippen molar-refractivity contribution in [3.8, 4) is 11.3 Å². The summed E-state index contributed by atoms with van der Waals surface area (Å²) in [6.07, 6.45) is 1.65. The fraction of sp³-hybridized carbons (Fsp3) is 0.0938. The van der Waals surface area contributed by atoms with Crippen molar-refractivity contribution in [2.45, 2.75) is 13.0 Å². The highest BCUT2D eigenvalue weighted by atomic mass is 35.5. The number of thiazole rings is 1. The molecule has 0 spiro atoms. The number of hydrogen-bond acceptors (Lipinski definition) is 6. The minimum atomic E-state index is -0.885. The van der Waals surface area contributed by atoms with Crippen LogP contribution >= 0.6 is 22.9 Å². The largest absolute Gasteiger partial charge is 0.463 e. The Kier molecular flexibility index (Phi) is 7.26. The van der Waals surface area contributed by atoms with Gasteiger partial charge in [0.15, 0.2) is 4.80 Å². The first kappa shape index (κ1) is 26.7. The quantitative estimate of drug-likeness (QED) is 0.230. The molecule has 0 aliphatic carbocycles. The molecule has 3 aromatic carbocycles. The number of rotatable bonds is 6. The normalized spacial score (nSPS) is 15.0. The van der Waals surface area contributed by atoms with Gasteiger partial charge < -0.3 is 9.15 Å². The second-order valence-electron chi connectivity index (χ2n) is 9.19. The van der Waals surface area contributed by atoms with Gasteiger partial charge in [-0.05, 0) is 61.0 Å². The van der Waals surface area contributed by atoms with Crippen LogP contribution in [0.5, 0.6) is 0 Å². The zero-order valence-corrected chi connectivity index (χ0v) is 23.3. The molecule has 5 aromatic rings. The molecule has 1 atom stereocenters. The summed E-state index contributed by atoms with van der Waals surface area (Å²) in [6.45, 7) is 1.85. The molecule has 0 bridgehead atoms. The first-order chi connectivity index (χ1) is 19.9. The van der Waals surface area contributed by atoms with Gasteiger partial charge in [-0.25, -0.2) is 14.2 Å². The van der Waals surface area contributed by atoms with Crippen LogP contribution in [0.25, 0.3) is 23.1 Å².